The Morgan fingerprint density at radius 2 is 1.79 bits per heavy atom. The van der Waals surface area contributed by atoms with E-state index in [0.29, 0.717) is 12.0 Å². The third kappa shape index (κ3) is 4.58. The summed E-state index contributed by atoms with van der Waals surface area (Å²) < 4.78 is 38.8. The van der Waals surface area contributed by atoms with E-state index in [1.54, 1.807) is 12.1 Å². The third-order valence-electron chi connectivity index (χ3n) is 3.36. The molecular formula is C17H14F3NO3. The number of aromatic nitrogens is 1. The van der Waals surface area contributed by atoms with Crippen molar-refractivity contribution in [2.45, 2.75) is 19.0 Å². The maximum absolute atomic E-state index is 12.9. The van der Waals surface area contributed by atoms with Crippen molar-refractivity contribution >= 4 is 12.0 Å². The van der Waals surface area contributed by atoms with Crippen molar-refractivity contribution in [3.63, 3.8) is 0 Å². The van der Waals surface area contributed by atoms with Gasteiger partial charge in [0, 0.05) is 12.3 Å². The highest BCUT2D eigenvalue weighted by Gasteiger charge is 2.32. The number of aliphatic hydroxyl groups is 1. The fourth-order valence-electron chi connectivity index (χ4n) is 2.16. The number of aliphatic carboxylic acids is 1. The Bertz CT molecular complexity index is 752. The van der Waals surface area contributed by atoms with Crippen LogP contribution in [0.3, 0.4) is 0 Å². The number of nitrogens with zero attached hydrogens (tertiary/aromatic N) is 1. The summed E-state index contributed by atoms with van der Waals surface area (Å²) in [6, 6.07) is 8.53. The quantitative estimate of drug-likeness (QED) is 0.642. The van der Waals surface area contributed by atoms with Gasteiger partial charge >= 0.3 is 12.1 Å². The molecule has 0 aliphatic rings. The summed E-state index contributed by atoms with van der Waals surface area (Å²) in [6.45, 7) is 0. The van der Waals surface area contributed by atoms with Gasteiger partial charge in [-0.25, -0.2) is 4.79 Å². The Hall–Kier alpha value is -2.83. The largest absolute Gasteiger partial charge is 0.502 e. The van der Waals surface area contributed by atoms with Crippen LogP contribution in [0.1, 0.15) is 22.4 Å². The summed E-state index contributed by atoms with van der Waals surface area (Å²) in [7, 11) is 0. The number of halogens is 3. The average molecular weight is 337 g/mol. The molecule has 0 saturated carbocycles. The molecule has 24 heavy (non-hydrogen) atoms. The van der Waals surface area contributed by atoms with E-state index in [1.807, 2.05) is 0 Å². The molecule has 0 aliphatic heterocycles. The first kappa shape index (κ1) is 17.5. The average Bonchev–Trinajstić information content (AvgIpc) is 2.53. The number of carbonyl (C=O) groups is 1. The van der Waals surface area contributed by atoms with Gasteiger partial charge in [-0.3, -0.25) is 4.98 Å². The van der Waals surface area contributed by atoms with Crippen LogP contribution < -0.4 is 0 Å². The van der Waals surface area contributed by atoms with Gasteiger partial charge in [0.05, 0.1) is 11.3 Å². The molecule has 0 amide bonds. The predicted molar refractivity (Wildman–Crippen MR) is 81.3 cm³/mol. The third-order valence-corrected chi connectivity index (χ3v) is 3.36. The van der Waals surface area contributed by atoms with Crippen molar-refractivity contribution in [2.75, 3.05) is 0 Å². The standard InChI is InChI=1S/C17H14F3NO3/c18-17(19,20)14-4-2-1-3-12(14)7-5-11-6-8-13(21-10-11)9-15(22)16(23)24/h1-4,6,8-10,22H,5,7H2,(H,23,24)/b15-9-. The van der Waals surface area contributed by atoms with Crippen LogP contribution in [-0.4, -0.2) is 21.2 Å². The fraction of sp³-hybridized carbons (Fsp3) is 0.176. The Morgan fingerprint density at radius 3 is 2.38 bits per heavy atom. The SMILES string of the molecule is O=C(O)/C(O)=C/c1ccc(CCc2ccccc2C(F)(F)F)cn1. The molecule has 2 N–H and O–H groups in total. The predicted octanol–water partition coefficient (Wildman–Crippen LogP) is 3.87. The molecule has 0 spiro atoms. The van der Waals surface area contributed by atoms with E-state index in [9.17, 15) is 18.0 Å². The van der Waals surface area contributed by atoms with Gasteiger partial charge in [-0.2, -0.15) is 13.2 Å². The van der Waals surface area contributed by atoms with Gasteiger partial charge in [0.2, 0.25) is 5.76 Å². The van der Waals surface area contributed by atoms with E-state index in [2.05, 4.69) is 4.98 Å². The van der Waals surface area contributed by atoms with E-state index in [4.69, 9.17) is 10.2 Å². The van der Waals surface area contributed by atoms with Crippen molar-refractivity contribution in [2.24, 2.45) is 0 Å². The lowest BCUT2D eigenvalue weighted by Gasteiger charge is -2.12. The van der Waals surface area contributed by atoms with Gasteiger partial charge in [-0.05, 0) is 36.1 Å². The normalized spacial score (nSPS) is 12.2. The van der Waals surface area contributed by atoms with Crippen molar-refractivity contribution in [3.8, 4) is 0 Å². The van der Waals surface area contributed by atoms with Crippen molar-refractivity contribution in [1.29, 1.82) is 0 Å². The second kappa shape index (κ2) is 7.16. The Kier molecular flexibility index (Phi) is 5.23. The summed E-state index contributed by atoms with van der Waals surface area (Å²) in [5.41, 5.74) is 0.509. The number of pyridine rings is 1. The minimum absolute atomic E-state index is 0.201. The molecule has 0 radical (unpaired) electrons. The summed E-state index contributed by atoms with van der Waals surface area (Å²) in [6.07, 6.45) is -1.40. The van der Waals surface area contributed by atoms with Crippen LogP contribution in [0.4, 0.5) is 13.2 Å². The molecule has 2 aromatic rings. The highest BCUT2D eigenvalue weighted by atomic mass is 19.4. The highest BCUT2D eigenvalue weighted by molar-refractivity contribution is 5.88. The van der Waals surface area contributed by atoms with Crippen LogP contribution in [0.2, 0.25) is 0 Å². The van der Waals surface area contributed by atoms with Gasteiger partial charge < -0.3 is 10.2 Å². The number of benzene rings is 1. The first-order valence-electron chi connectivity index (χ1n) is 7.01. The number of alkyl halides is 3. The number of carboxylic acids is 1. The molecule has 1 aromatic carbocycles. The van der Waals surface area contributed by atoms with E-state index in [1.165, 1.54) is 24.4 Å². The number of aryl methyl sites for hydroxylation is 2. The van der Waals surface area contributed by atoms with E-state index in [-0.39, 0.29) is 17.7 Å². The van der Waals surface area contributed by atoms with Gasteiger partial charge in [-0.15, -0.1) is 0 Å². The first-order chi connectivity index (χ1) is 11.3. The molecule has 126 valence electrons. The number of carboxylic acid groups (broad SMARTS) is 1. The molecule has 1 heterocycles. The molecule has 0 fully saturated rings. The monoisotopic (exact) mass is 337 g/mol. The lowest BCUT2D eigenvalue weighted by molar-refractivity contribution is -0.138. The maximum atomic E-state index is 12.9. The summed E-state index contributed by atoms with van der Waals surface area (Å²) >= 11 is 0. The number of rotatable bonds is 5. The molecular weight excluding hydrogens is 323 g/mol. The molecule has 0 aliphatic carbocycles. The topological polar surface area (TPSA) is 70.4 Å². The summed E-state index contributed by atoms with van der Waals surface area (Å²) in [5, 5.41) is 17.7. The highest BCUT2D eigenvalue weighted by Crippen LogP contribution is 2.32. The molecule has 7 heteroatoms. The molecule has 2 rings (SSSR count). The minimum Gasteiger partial charge on any atom is -0.502 e. The zero-order valence-electron chi connectivity index (χ0n) is 12.4. The Labute approximate surface area is 135 Å². The second-order valence-corrected chi connectivity index (χ2v) is 5.08. The van der Waals surface area contributed by atoms with E-state index in [0.717, 1.165) is 12.1 Å². The van der Waals surface area contributed by atoms with Gasteiger partial charge in [0.1, 0.15) is 0 Å². The van der Waals surface area contributed by atoms with Crippen LogP contribution in [0.25, 0.3) is 6.08 Å². The fourth-order valence-corrected chi connectivity index (χ4v) is 2.16. The van der Waals surface area contributed by atoms with E-state index >= 15 is 0 Å². The zero-order valence-corrected chi connectivity index (χ0v) is 12.4. The first-order valence-corrected chi connectivity index (χ1v) is 7.01. The van der Waals surface area contributed by atoms with Crippen LogP contribution >= 0.6 is 0 Å². The molecule has 0 atom stereocenters. The van der Waals surface area contributed by atoms with Crippen LogP contribution in [-0.2, 0) is 23.8 Å². The molecule has 0 bridgehead atoms. The smallest absolute Gasteiger partial charge is 0.416 e. The van der Waals surface area contributed by atoms with Crippen LogP contribution in [0.15, 0.2) is 48.4 Å². The summed E-state index contributed by atoms with van der Waals surface area (Å²) in [4.78, 5) is 14.5. The zero-order chi connectivity index (χ0) is 17.7. The molecule has 1 aromatic heterocycles. The minimum atomic E-state index is -4.39. The van der Waals surface area contributed by atoms with Gasteiger partial charge in [0.25, 0.3) is 0 Å². The number of hydrogen-bond acceptors (Lipinski definition) is 3. The van der Waals surface area contributed by atoms with Gasteiger partial charge in [0.15, 0.2) is 0 Å². The van der Waals surface area contributed by atoms with Crippen molar-refractivity contribution in [3.05, 3.63) is 70.7 Å². The lowest BCUT2D eigenvalue weighted by atomic mass is 10.00. The maximum Gasteiger partial charge on any atom is 0.416 e. The molecule has 0 unspecified atom stereocenters. The summed E-state index contributed by atoms with van der Waals surface area (Å²) in [5.74, 6) is -2.31. The van der Waals surface area contributed by atoms with Crippen molar-refractivity contribution in [1.82, 2.24) is 4.98 Å². The van der Waals surface area contributed by atoms with Crippen LogP contribution in [0.5, 0.6) is 0 Å². The van der Waals surface area contributed by atoms with E-state index < -0.39 is 23.5 Å². The van der Waals surface area contributed by atoms with Gasteiger partial charge in [-0.1, -0.05) is 24.3 Å². The lowest BCUT2D eigenvalue weighted by Crippen LogP contribution is -2.09. The number of hydrogen-bond donors (Lipinski definition) is 2. The molecule has 0 saturated heterocycles. The Morgan fingerprint density at radius 1 is 1.08 bits per heavy atom. The second-order valence-electron chi connectivity index (χ2n) is 5.08. The molecule has 4 nitrogen and oxygen atoms in total. The number of aliphatic hydroxyl groups excluding tert-OH is 1. The van der Waals surface area contributed by atoms with Crippen molar-refractivity contribution < 1.29 is 28.2 Å². The Balaban J connectivity index is 2.09. The van der Waals surface area contributed by atoms with Crippen LogP contribution in [0, 0.1) is 0 Å².